The van der Waals surface area contributed by atoms with Crippen LogP contribution in [0.4, 0.5) is 4.79 Å². The molecule has 0 aromatic rings. The van der Waals surface area contributed by atoms with Crippen LogP contribution in [0.2, 0.25) is 0 Å². The molecule has 1 N–H and O–H groups in total. The third-order valence-electron chi connectivity index (χ3n) is 3.43. The van der Waals surface area contributed by atoms with E-state index in [9.17, 15) is 4.79 Å². The van der Waals surface area contributed by atoms with Crippen molar-refractivity contribution in [2.75, 3.05) is 13.1 Å². The second-order valence-corrected chi connectivity index (χ2v) is 7.45. The van der Waals surface area contributed by atoms with Gasteiger partial charge in [0.2, 0.25) is 0 Å². The van der Waals surface area contributed by atoms with E-state index in [2.05, 4.69) is 33.0 Å². The molecule has 0 radical (unpaired) electrons. The number of amides is 1. The van der Waals surface area contributed by atoms with Crippen molar-refractivity contribution in [3.63, 3.8) is 0 Å². The Hall–Kier alpha value is -0.770. The van der Waals surface area contributed by atoms with Gasteiger partial charge in [0, 0.05) is 19.1 Å². The van der Waals surface area contributed by atoms with Crippen molar-refractivity contribution in [2.24, 2.45) is 5.41 Å². The van der Waals surface area contributed by atoms with Crippen LogP contribution in [0, 0.1) is 5.41 Å². The van der Waals surface area contributed by atoms with Gasteiger partial charge >= 0.3 is 6.09 Å². The van der Waals surface area contributed by atoms with E-state index < -0.39 is 5.60 Å². The first-order chi connectivity index (χ1) is 8.56. The lowest BCUT2D eigenvalue weighted by atomic mass is 9.79. The summed E-state index contributed by atoms with van der Waals surface area (Å²) < 4.78 is 5.55. The van der Waals surface area contributed by atoms with Crippen molar-refractivity contribution in [1.82, 2.24) is 10.2 Å². The zero-order chi connectivity index (χ0) is 14.8. The van der Waals surface area contributed by atoms with Crippen molar-refractivity contribution in [2.45, 2.75) is 72.6 Å². The average molecular weight is 270 g/mol. The van der Waals surface area contributed by atoms with Gasteiger partial charge < -0.3 is 15.0 Å². The minimum absolute atomic E-state index is 0.0327. The molecule has 4 heteroatoms. The summed E-state index contributed by atoms with van der Waals surface area (Å²) in [5.74, 6) is 0. The van der Waals surface area contributed by atoms with Crippen LogP contribution >= 0.6 is 0 Å². The van der Waals surface area contributed by atoms with Gasteiger partial charge in [-0.25, -0.2) is 4.79 Å². The van der Waals surface area contributed by atoms with Crippen LogP contribution in [-0.2, 0) is 4.74 Å². The summed E-state index contributed by atoms with van der Waals surface area (Å²) in [4.78, 5) is 14.3. The largest absolute Gasteiger partial charge is 0.444 e. The maximum Gasteiger partial charge on any atom is 0.410 e. The highest BCUT2D eigenvalue weighted by molar-refractivity contribution is 5.69. The van der Waals surface area contributed by atoms with Gasteiger partial charge in [0.25, 0.3) is 0 Å². The van der Waals surface area contributed by atoms with Crippen molar-refractivity contribution in [1.29, 1.82) is 0 Å². The minimum atomic E-state index is -0.438. The number of rotatable bonds is 1. The first-order valence-electron chi connectivity index (χ1n) is 7.29. The maximum absolute atomic E-state index is 12.4. The van der Waals surface area contributed by atoms with Gasteiger partial charge in [-0.1, -0.05) is 27.7 Å². The number of ether oxygens (including phenoxy) is 1. The normalized spacial score (nSPS) is 25.3. The first kappa shape index (κ1) is 16.3. The number of hydrogen-bond acceptors (Lipinski definition) is 3. The number of nitrogens with one attached hydrogen (secondary N) is 1. The van der Waals surface area contributed by atoms with Crippen molar-refractivity contribution < 1.29 is 9.53 Å². The third-order valence-corrected chi connectivity index (χ3v) is 3.43. The van der Waals surface area contributed by atoms with E-state index >= 15 is 0 Å². The summed E-state index contributed by atoms with van der Waals surface area (Å²) in [7, 11) is 0. The molecule has 0 aliphatic carbocycles. The Labute approximate surface area is 117 Å². The van der Waals surface area contributed by atoms with E-state index in [1.165, 1.54) is 0 Å². The number of piperazine rings is 1. The summed E-state index contributed by atoms with van der Waals surface area (Å²) in [5.41, 5.74) is -0.406. The molecular weight excluding hydrogens is 240 g/mol. The summed E-state index contributed by atoms with van der Waals surface area (Å²) in [6.07, 6.45) is 0.827. The number of hydrogen-bond donors (Lipinski definition) is 1. The molecule has 0 spiro atoms. The van der Waals surface area contributed by atoms with Gasteiger partial charge in [0.15, 0.2) is 0 Å². The second-order valence-electron chi connectivity index (χ2n) is 7.45. The van der Waals surface area contributed by atoms with E-state index in [4.69, 9.17) is 4.74 Å². The molecule has 19 heavy (non-hydrogen) atoms. The molecule has 4 nitrogen and oxygen atoms in total. The molecule has 1 aliphatic rings. The summed E-state index contributed by atoms with van der Waals surface area (Å²) in [6.45, 7) is 16.0. The van der Waals surface area contributed by atoms with E-state index in [0.29, 0.717) is 12.6 Å². The average Bonchev–Trinajstić information content (AvgIpc) is 2.24. The predicted molar refractivity (Wildman–Crippen MR) is 78.3 cm³/mol. The lowest BCUT2D eigenvalue weighted by molar-refractivity contribution is -0.0151. The van der Waals surface area contributed by atoms with E-state index in [-0.39, 0.29) is 17.6 Å². The molecule has 1 aliphatic heterocycles. The maximum atomic E-state index is 12.4. The van der Waals surface area contributed by atoms with Crippen molar-refractivity contribution in [3.8, 4) is 0 Å². The van der Waals surface area contributed by atoms with Gasteiger partial charge in [0.05, 0.1) is 6.04 Å². The second kappa shape index (κ2) is 5.70. The molecule has 0 saturated carbocycles. The standard InChI is InChI=1S/C15H30N2O2/c1-8-11-12(14(2,3)4)17(10-9-16-11)13(18)19-15(5,6)7/h11-12,16H,8-10H2,1-7H3. The van der Waals surface area contributed by atoms with Gasteiger partial charge in [-0.15, -0.1) is 0 Å². The molecule has 1 fully saturated rings. The summed E-state index contributed by atoms with van der Waals surface area (Å²) >= 11 is 0. The summed E-state index contributed by atoms with van der Waals surface area (Å²) in [5, 5.41) is 3.52. The highest BCUT2D eigenvalue weighted by atomic mass is 16.6. The molecule has 1 saturated heterocycles. The zero-order valence-corrected chi connectivity index (χ0v) is 13.5. The Morgan fingerprint density at radius 1 is 1.26 bits per heavy atom. The first-order valence-corrected chi connectivity index (χ1v) is 7.29. The van der Waals surface area contributed by atoms with Crippen LogP contribution in [0.25, 0.3) is 0 Å². The fourth-order valence-corrected chi connectivity index (χ4v) is 2.80. The lowest BCUT2D eigenvalue weighted by Gasteiger charge is -2.48. The van der Waals surface area contributed by atoms with Crippen LogP contribution < -0.4 is 5.32 Å². The molecule has 1 amide bonds. The fraction of sp³-hybridized carbons (Fsp3) is 0.933. The Balaban J connectivity index is 2.92. The van der Waals surface area contributed by atoms with Crippen molar-refractivity contribution in [3.05, 3.63) is 0 Å². The van der Waals surface area contributed by atoms with Gasteiger partial charge in [-0.2, -0.15) is 0 Å². The van der Waals surface area contributed by atoms with Crippen LogP contribution in [0.15, 0.2) is 0 Å². The lowest BCUT2D eigenvalue weighted by Crippen LogP contribution is -2.64. The van der Waals surface area contributed by atoms with E-state index in [0.717, 1.165) is 13.0 Å². The monoisotopic (exact) mass is 270 g/mol. The number of nitrogens with zero attached hydrogens (tertiary/aromatic N) is 1. The topological polar surface area (TPSA) is 41.6 Å². The summed E-state index contributed by atoms with van der Waals surface area (Å²) in [6, 6.07) is 0.502. The van der Waals surface area contributed by atoms with Crippen LogP contribution in [-0.4, -0.2) is 41.8 Å². The van der Waals surface area contributed by atoms with Gasteiger partial charge in [0.1, 0.15) is 5.60 Å². The quantitative estimate of drug-likeness (QED) is 0.796. The zero-order valence-electron chi connectivity index (χ0n) is 13.5. The molecule has 2 atom stereocenters. The third kappa shape index (κ3) is 4.37. The molecule has 2 unspecified atom stereocenters. The molecule has 1 heterocycles. The minimum Gasteiger partial charge on any atom is -0.444 e. The highest BCUT2D eigenvalue weighted by Gasteiger charge is 2.42. The molecule has 0 aromatic carbocycles. The van der Waals surface area contributed by atoms with E-state index in [1.807, 2.05) is 25.7 Å². The Morgan fingerprint density at radius 2 is 1.84 bits per heavy atom. The Bertz CT molecular complexity index is 315. The van der Waals surface area contributed by atoms with Crippen LogP contribution in [0.1, 0.15) is 54.9 Å². The fourth-order valence-electron chi connectivity index (χ4n) is 2.80. The van der Waals surface area contributed by atoms with E-state index in [1.54, 1.807) is 0 Å². The SMILES string of the molecule is CCC1NCCN(C(=O)OC(C)(C)C)C1C(C)(C)C. The Kier molecular flexibility index (Phi) is 4.88. The van der Waals surface area contributed by atoms with Gasteiger partial charge in [-0.3, -0.25) is 0 Å². The predicted octanol–water partition coefficient (Wildman–Crippen LogP) is 3.02. The molecule has 112 valence electrons. The highest BCUT2D eigenvalue weighted by Crippen LogP contribution is 2.31. The smallest absolute Gasteiger partial charge is 0.410 e. The van der Waals surface area contributed by atoms with Crippen LogP contribution in [0.3, 0.4) is 0 Å². The molecule has 0 aromatic heterocycles. The number of carbonyl (C=O) groups excluding carboxylic acids is 1. The van der Waals surface area contributed by atoms with Crippen molar-refractivity contribution >= 4 is 6.09 Å². The molecule has 1 rings (SSSR count). The van der Waals surface area contributed by atoms with Crippen LogP contribution in [0.5, 0.6) is 0 Å². The van der Waals surface area contributed by atoms with Gasteiger partial charge in [-0.05, 0) is 32.6 Å². The number of carbonyl (C=O) groups is 1. The molecular formula is C15H30N2O2. The molecule has 0 bridgehead atoms. The Morgan fingerprint density at radius 3 is 2.26 bits per heavy atom.